The molecule has 0 radical (unpaired) electrons. The van der Waals surface area contributed by atoms with E-state index in [0.717, 1.165) is 25.7 Å². The molecule has 1 amide bonds. The van der Waals surface area contributed by atoms with Crippen molar-refractivity contribution in [3.8, 4) is 0 Å². The molecule has 0 aromatic carbocycles. The fourth-order valence-corrected chi connectivity index (χ4v) is 2.07. The number of hydrogen-bond acceptors (Lipinski definition) is 8. The quantitative estimate of drug-likeness (QED) is 0.216. The number of carbonyl (C=O) groups excluding carboxylic acids is 1. The van der Waals surface area contributed by atoms with Crippen molar-refractivity contribution < 1.29 is 14.6 Å². The molecule has 146 valence electrons. The van der Waals surface area contributed by atoms with E-state index in [1.807, 2.05) is 0 Å². The number of aliphatic hydroxyl groups is 1. The van der Waals surface area contributed by atoms with Crippen LogP contribution in [-0.4, -0.2) is 52.8 Å². The highest BCUT2D eigenvalue weighted by Crippen LogP contribution is 2.17. The first-order chi connectivity index (χ1) is 12.3. The van der Waals surface area contributed by atoms with E-state index in [1.54, 1.807) is 6.92 Å². The van der Waals surface area contributed by atoms with Gasteiger partial charge in [-0.1, -0.05) is 24.4 Å². The molecule has 1 aromatic heterocycles. The average Bonchev–Trinajstić information content (AvgIpc) is 2.56. The fourth-order valence-electron chi connectivity index (χ4n) is 1.95. The molecule has 0 saturated carbocycles. The maximum atomic E-state index is 12.0. The minimum Gasteiger partial charge on any atom is -0.391 e. The molecule has 10 nitrogen and oxygen atoms in total. The zero-order valence-corrected chi connectivity index (χ0v) is 15.5. The Balaban J connectivity index is 2.27. The Morgan fingerprint density at radius 3 is 2.65 bits per heavy atom. The molecule has 0 aliphatic carbocycles. The second kappa shape index (κ2) is 11.4. The van der Waals surface area contributed by atoms with Gasteiger partial charge < -0.3 is 27.0 Å². The zero-order valence-electron chi connectivity index (χ0n) is 14.7. The van der Waals surface area contributed by atoms with Crippen LogP contribution in [0.25, 0.3) is 0 Å². The Morgan fingerprint density at radius 1 is 1.27 bits per heavy atom. The number of ether oxygens (including phenoxy) is 1. The minimum absolute atomic E-state index is 0.0376. The lowest BCUT2D eigenvalue weighted by Crippen LogP contribution is -2.38. The molecule has 1 atom stereocenters. The normalized spacial score (nSPS) is 12.8. The number of guanidine groups is 1. The molecule has 8 N–H and O–H groups in total. The van der Waals surface area contributed by atoms with Gasteiger partial charge in [-0.15, -0.1) is 0 Å². The van der Waals surface area contributed by atoms with Gasteiger partial charge in [0.25, 0.3) is 5.91 Å². The van der Waals surface area contributed by atoms with Gasteiger partial charge in [-0.2, -0.15) is 0 Å². The molecule has 1 aromatic rings. The average molecular weight is 388 g/mol. The third-order valence-electron chi connectivity index (χ3n) is 3.20. The summed E-state index contributed by atoms with van der Waals surface area (Å²) < 4.78 is 5.27. The summed E-state index contributed by atoms with van der Waals surface area (Å²) >= 11 is 5.73. The summed E-state index contributed by atoms with van der Waals surface area (Å²) in [5, 5.41) is 11.3. The molecular weight excluding hydrogens is 362 g/mol. The topological polar surface area (TPSA) is 175 Å². The number of aliphatic hydroxyl groups excluding tert-OH is 1. The van der Waals surface area contributed by atoms with Gasteiger partial charge in [-0.3, -0.25) is 15.1 Å². The van der Waals surface area contributed by atoms with Crippen LogP contribution in [0.15, 0.2) is 4.99 Å². The van der Waals surface area contributed by atoms with Crippen molar-refractivity contribution >= 4 is 35.1 Å². The van der Waals surface area contributed by atoms with E-state index in [-0.39, 0.29) is 28.4 Å². The Hall–Kier alpha value is -2.17. The van der Waals surface area contributed by atoms with E-state index in [1.165, 1.54) is 0 Å². The largest absolute Gasteiger partial charge is 0.391 e. The second-order valence-electron chi connectivity index (χ2n) is 5.69. The number of aliphatic imine (C=N–C) groups is 1. The van der Waals surface area contributed by atoms with E-state index < -0.39 is 12.0 Å². The first kappa shape index (κ1) is 21.9. The molecule has 0 aliphatic rings. The van der Waals surface area contributed by atoms with Crippen LogP contribution in [0.1, 0.15) is 43.1 Å². The van der Waals surface area contributed by atoms with Gasteiger partial charge in [-0.05, 0) is 19.8 Å². The SMILES string of the molecule is CC(O)COCCCCCCN=C(N)NC(=O)c1nc(Cl)c(N)nc1N. The number of nitrogens with zero attached hydrogens (tertiary/aromatic N) is 3. The van der Waals surface area contributed by atoms with Crippen molar-refractivity contribution in [1.82, 2.24) is 15.3 Å². The number of anilines is 2. The van der Waals surface area contributed by atoms with Crippen LogP contribution in [-0.2, 0) is 4.74 Å². The molecule has 0 bridgehead atoms. The molecule has 1 rings (SSSR count). The van der Waals surface area contributed by atoms with Gasteiger partial charge in [0.2, 0.25) is 0 Å². The van der Waals surface area contributed by atoms with Crippen LogP contribution in [0.4, 0.5) is 11.6 Å². The molecular formula is C15H26ClN7O3. The van der Waals surface area contributed by atoms with E-state index in [9.17, 15) is 4.79 Å². The molecule has 1 heterocycles. The lowest BCUT2D eigenvalue weighted by Gasteiger charge is -2.07. The van der Waals surface area contributed by atoms with Gasteiger partial charge in [0.1, 0.15) is 0 Å². The maximum absolute atomic E-state index is 12.0. The van der Waals surface area contributed by atoms with Crippen LogP contribution in [0, 0.1) is 0 Å². The van der Waals surface area contributed by atoms with Crippen LogP contribution >= 0.6 is 11.6 Å². The number of amides is 1. The van der Waals surface area contributed by atoms with Crippen molar-refractivity contribution in [3.05, 3.63) is 10.8 Å². The second-order valence-corrected chi connectivity index (χ2v) is 6.05. The van der Waals surface area contributed by atoms with E-state index in [2.05, 4.69) is 20.3 Å². The van der Waals surface area contributed by atoms with Crippen LogP contribution < -0.4 is 22.5 Å². The summed E-state index contributed by atoms with van der Waals surface area (Å²) in [7, 11) is 0. The predicted octanol–water partition coefficient (Wildman–Crippen LogP) is 0.297. The number of rotatable bonds is 10. The number of nitrogen functional groups attached to an aromatic ring is 2. The molecule has 0 saturated heterocycles. The first-order valence-electron chi connectivity index (χ1n) is 8.26. The first-order valence-corrected chi connectivity index (χ1v) is 8.64. The zero-order chi connectivity index (χ0) is 19.5. The molecule has 0 fully saturated rings. The molecule has 0 spiro atoms. The number of nitrogens with two attached hydrogens (primary N) is 3. The van der Waals surface area contributed by atoms with Gasteiger partial charge in [0.15, 0.2) is 28.4 Å². The lowest BCUT2D eigenvalue weighted by molar-refractivity contribution is 0.0445. The molecule has 1 unspecified atom stereocenters. The summed E-state index contributed by atoms with van der Waals surface area (Å²) in [6, 6.07) is 0. The van der Waals surface area contributed by atoms with Crippen molar-refractivity contribution in [1.29, 1.82) is 0 Å². The van der Waals surface area contributed by atoms with Gasteiger partial charge in [-0.25, -0.2) is 9.97 Å². The number of aromatic nitrogens is 2. The van der Waals surface area contributed by atoms with Crippen molar-refractivity contribution in [2.75, 3.05) is 31.2 Å². The van der Waals surface area contributed by atoms with Crippen LogP contribution in [0.5, 0.6) is 0 Å². The summed E-state index contributed by atoms with van der Waals surface area (Å²) in [6.07, 6.45) is 3.24. The third-order valence-corrected chi connectivity index (χ3v) is 3.48. The smallest absolute Gasteiger partial charge is 0.280 e. The fraction of sp³-hybridized carbons (Fsp3) is 0.600. The van der Waals surface area contributed by atoms with Gasteiger partial charge in [0, 0.05) is 13.2 Å². The number of unbranched alkanes of at least 4 members (excludes halogenated alkanes) is 3. The van der Waals surface area contributed by atoms with Crippen LogP contribution in [0.3, 0.4) is 0 Å². The maximum Gasteiger partial charge on any atom is 0.280 e. The lowest BCUT2D eigenvalue weighted by atomic mass is 10.2. The van der Waals surface area contributed by atoms with Gasteiger partial charge in [0.05, 0.1) is 12.7 Å². The van der Waals surface area contributed by atoms with Crippen molar-refractivity contribution in [2.45, 2.75) is 38.7 Å². The summed E-state index contributed by atoms with van der Waals surface area (Å²) in [6.45, 7) is 3.14. The highest BCUT2D eigenvalue weighted by molar-refractivity contribution is 6.31. The van der Waals surface area contributed by atoms with E-state index in [4.69, 9.17) is 38.6 Å². The summed E-state index contributed by atoms with van der Waals surface area (Å²) in [4.78, 5) is 23.6. The van der Waals surface area contributed by atoms with Crippen LogP contribution in [0.2, 0.25) is 5.15 Å². The Labute approximate surface area is 157 Å². The monoisotopic (exact) mass is 387 g/mol. The Kier molecular flexibility index (Phi) is 9.63. The van der Waals surface area contributed by atoms with E-state index >= 15 is 0 Å². The highest BCUT2D eigenvalue weighted by atomic mass is 35.5. The van der Waals surface area contributed by atoms with E-state index in [0.29, 0.717) is 19.8 Å². The predicted molar refractivity (Wildman–Crippen MR) is 101 cm³/mol. The van der Waals surface area contributed by atoms with Crippen molar-refractivity contribution in [2.24, 2.45) is 10.7 Å². The minimum atomic E-state index is -0.659. The number of hydrogen-bond donors (Lipinski definition) is 5. The van der Waals surface area contributed by atoms with Gasteiger partial charge >= 0.3 is 0 Å². The Morgan fingerprint density at radius 2 is 1.96 bits per heavy atom. The third kappa shape index (κ3) is 8.28. The Bertz CT molecular complexity index is 626. The summed E-state index contributed by atoms with van der Waals surface area (Å²) in [5.41, 5.74) is 16.5. The molecule has 26 heavy (non-hydrogen) atoms. The highest BCUT2D eigenvalue weighted by Gasteiger charge is 2.16. The molecule has 0 aliphatic heterocycles. The standard InChI is InChI=1S/C15H26ClN7O3/c1-9(24)8-26-7-5-3-2-4-6-20-15(19)23-14(25)10-12(17)22-13(18)11(16)21-10/h9,24H,2-8H2,1H3,(H4,17,18,22)(H3,19,20,23,25). The van der Waals surface area contributed by atoms with Crippen molar-refractivity contribution in [3.63, 3.8) is 0 Å². The summed E-state index contributed by atoms with van der Waals surface area (Å²) in [5.74, 6) is -0.897. The number of halogens is 1. The molecule has 11 heteroatoms. The number of carbonyl (C=O) groups is 1. The number of nitrogens with one attached hydrogen (secondary N) is 1.